The van der Waals surface area contributed by atoms with Crippen LogP contribution < -0.4 is 11.1 Å². The summed E-state index contributed by atoms with van der Waals surface area (Å²) in [4.78, 5) is 12.0. The third kappa shape index (κ3) is 2.71. The van der Waals surface area contributed by atoms with Gasteiger partial charge in [0.2, 0.25) is 0 Å². The van der Waals surface area contributed by atoms with Gasteiger partial charge >= 0.3 is 0 Å². The van der Waals surface area contributed by atoms with Crippen molar-refractivity contribution in [2.75, 3.05) is 5.32 Å². The fourth-order valence-electron chi connectivity index (χ4n) is 1.64. The molecule has 0 saturated heterocycles. The molecule has 0 atom stereocenters. The molecule has 0 bridgehead atoms. The summed E-state index contributed by atoms with van der Waals surface area (Å²) in [6.45, 7) is 0.360. The van der Waals surface area contributed by atoms with Crippen molar-refractivity contribution in [3.05, 3.63) is 65.7 Å². The number of nitrogens with two attached hydrogens (primary N) is 1. The van der Waals surface area contributed by atoms with E-state index in [1.54, 1.807) is 6.07 Å². The summed E-state index contributed by atoms with van der Waals surface area (Å²) >= 11 is 0. The Bertz CT molecular complexity index is 509. The molecule has 0 saturated carbocycles. The zero-order valence-electron chi connectivity index (χ0n) is 9.39. The predicted molar refractivity (Wildman–Crippen MR) is 68.7 cm³/mol. The molecule has 0 spiro atoms. The second-order valence-electron chi connectivity index (χ2n) is 3.68. The Hall–Kier alpha value is -2.13. The Morgan fingerprint density at radius 2 is 1.65 bits per heavy atom. The molecule has 3 N–H and O–H groups in total. The molecule has 0 radical (unpaired) electrons. The Kier molecular flexibility index (Phi) is 3.52. The largest absolute Gasteiger partial charge is 0.326 e. The molecule has 0 unspecified atom stereocenters. The number of para-hydroxylation sites is 1. The highest BCUT2D eigenvalue weighted by Gasteiger charge is 2.09. The molecular formula is C14H14N2O. The maximum Gasteiger partial charge on any atom is 0.255 e. The van der Waals surface area contributed by atoms with E-state index < -0.39 is 0 Å². The standard InChI is InChI=1S/C14H14N2O/c15-10-11-6-4-5-9-13(11)14(17)16-12-7-2-1-3-8-12/h1-9H,10,15H2,(H,16,17). The number of amides is 1. The lowest BCUT2D eigenvalue weighted by Crippen LogP contribution is -2.15. The molecule has 1 amide bonds. The van der Waals surface area contributed by atoms with Crippen molar-refractivity contribution in [3.8, 4) is 0 Å². The minimum atomic E-state index is -0.128. The van der Waals surface area contributed by atoms with E-state index in [1.165, 1.54) is 0 Å². The minimum absolute atomic E-state index is 0.128. The number of hydrogen-bond acceptors (Lipinski definition) is 2. The van der Waals surface area contributed by atoms with Crippen LogP contribution in [0.1, 0.15) is 15.9 Å². The first kappa shape index (κ1) is 11.4. The van der Waals surface area contributed by atoms with E-state index in [-0.39, 0.29) is 5.91 Å². The smallest absolute Gasteiger partial charge is 0.255 e. The van der Waals surface area contributed by atoms with Crippen molar-refractivity contribution in [3.63, 3.8) is 0 Å². The van der Waals surface area contributed by atoms with Crippen molar-refractivity contribution in [1.82, 2.24) is 0 Å². The number of nitrogens with one attached hydrogen (secondary N) is 1. The fraction of sp³-hybridized carbons (Fsp3) is 0.0714. The lowest BCUT2D eigenvalue weighted by Gasteiger charge is -2.08. The monoisotopic (exact) mass is 226 g/mol. The van der Waals surface area contributed by atoms with Gasteiger partial charge in [0.05, 0.1) is 0 Å². The highest BCUT2D eigenvalue weighted by atomic mass is 16.1. The molecule has 0 heterocycles. The zero-order valence-corrected chi connectivity index (χ0v) is 9.39. The van der Waals surface area contributed by atoms with Gasteiger partial charge in [-0.2, -0.15) is 0 Å². The summed E-state index contributed by atoms with van der Waals surface area (Å²) in [5, 5.41) is 2.84. The number of benzene rings is 2. The van der Waals surface area contributed by atoms with E-state index in [9.17, 15) is 4.79 Å². The lowest BCUT2D eigenvalue weighted by atomic mass is 10.1. The van der Waals surface area contributed by atoms with Gasteiger partial charge in [-0.25, -0.2) is 0 Å². The normalized spacial score (nSPS) is 9.94. The van der Waals surface area contributed by atoms with Crippen LogP contribution in [0.25, 0.3) is 0 Å². The average molecular weight is 226 g/mol. The summed E-state index contributed by atoms with van der Waals surface area (Å²) in [5.41, 5.74) is 7.86. The first-order valence-corrected chi connectivity index (χ1v) is 5.45. The molecule has 2 aromatic rings. The van der Waals surface area contributed by atoms with E-state index in [0.29, 0.717) is 12.1 Å². The van der Waals surface area contributed by atoms with Gasteiger partial charge in [0.15, 0.2) is 0 Å². The van der Waals surface area contributed by atoms with Crippen molar-refractivity contribution in [2.24, 2.45) is 5.73 Å². The van der Waals surface area contributed by atoms with Crippen LogP contribution in [0.15, 0.2) is 54.6 Å². The van der Waals surface area contributed by atoms with Crippen molar-refractivity contribution in [2.45, 2.75) is 6.54 Å². The maximum atomic E-state index is 12.0. The van der Waals surface area contributed by atoms with Crippen LogP contribution in [0, 0.1) is 0 Å². The van der Waals surface area contributed by atoms with Gasteiger partial charge in [-0.3, -0.25) is 4.79 Å². The SMILES string of the molecule is NCc1ccccc1C(=O)Nc1ccccc1. The maximum absolute atomic E-state index is 12.0. The molecule has 3 heteroatoms. The molecule has 86 valence electrons. The van der Waals surface area contributed by atoms with Crippen LogP contribution in [0.4, 0.5) is 5.69 Å². The van der Waals surface area contributed by atoms with Crippen molar-refractivity contribution < 1.29 is 4.79 Å². The highest BCUT2D eigenvalue weighted by Crippen LogP contribution is 2.12. The summed E-state index contributed by atoms with van der Waals surface area (Å²) < 4.78 is 0. The predicted octanol–water partition coefficient (Wildman–Crippen LogP) is 2.40. The second kappa shape index (κ2) is 5.27. The zero-order chi connectivity index (χ0) is 12.1. The summed E-state index contributed by atoms with van der Waals surface area (Å²) in [7, 11) is 0. The van der Waals surface area contributed by atoms with Gasteiger partial charge in [-0.1, -0.05) is 36.4 Å². The molecule has 2 rings (SSSR count). The highest BCUT2D eigenvalue weighted by molar-refractivity contribution is 6.05. The number of rotatable bonds is 3. The Morgan fingerprint density at radius 3 is 2.35 bits per heavy atom. The van der Waals surface area contributed by atoms with Crippen LogP contribution in [0.3, 0.4) is 0 Å². The summed E-state index contributed by atoms with van der Waals surface area (Å²) in [5.74, 6) is -0.128. The molecule has 17 heavy (non-hydrogen) atoms. The molecule has 2 aromatic carbocycles. The third-order valence-corrected chi connectivity index (χ3v) is 2.51. The Morgan fingerprint density at radius 1 is 1.00 bits per heavy atom. The molecule has 0 aliphatic rings. The first-order chi connectivity index (χ1) is 8.31. The summed E-state index contributed by atoms with van der Waals surface area (Å²) in [6, 6.07) is 16.7. The number of anilines is 1. The quantitative estimate of drug-likeness (QED) is 0.844. The number of carbonyl (C=O) groups excluding carboxylic acids is 1. The second-order valence-corrected chi connectivity index (χ2v) is 3.68. The Balaban J connectivity index is 2.20. The van der Waals surface area contributed by atoms with E-state index in [2.05, 4.69) is 5.32 Å². The van der Waals surface area contributed by atoms with E-state index in [0.717, 1.165) is 11.3 Å². The number of carbonyl (C=O) groups is 1. The van der Waals surface area contributed by atoms with Crippen molar-refractivity contribution in [1.29, 1.82) is 0 Å². The fourth-order valence-corrected chi connectivity index (χ4v) is 1.64. The molecule has 0 aromatic heterocycles. The van der Waals surface area contributed by atoms with Crippen molar-refractivity contribution >= 4 is 11.6 Å². The molecule has 0 aliphatic heterocycles. The topological polar surface area (TPSA) is 55.1 Å². The van der Waals surface area contributed by atoms with Gasteiger partial charge in [0.25, 0.3) is 5.91 Å². The average Bonchev–Trinajstić information content (AvgIpc) is 2.40. The van der Waals surface area contributed by atoms with Gasteiger partial charge < -0.3 is 11.1 Å². The Labute approximate surface area is 100 Å². The van der Waals surface area contributed by atoms with E-state index in [1.807, 2.05) is 48.5 Å². The van der Waals surface area contributed by atoms with Gasteiger partial charge in [-0.15, -0.1) is 0 Å². The molecular weight excluding hydrogens is 212 g/mol. The van der Waals surface area contributed by atoms with Crippen LogP contribution in [0.5, 0.6) is 0 Å². The van der Waals surface area contributed by atoms with Gasteiger partial charge in [-0.05, 0) is 23.8 Å². The third-order valence-electron chi connectivity index (χ3n) is 2.51. The molecule has 0 aliphatic carbocycles. The van der Waals surface area contributed by atoms with Crippen LogP contribution >= 0.6 is 0 Å². The molecule has 0 fully saturated rings. The first-order valence-electron chi connectivity index (χ1n) is 5.45. The van der Waals surface area contributed by atoms with E-state index in [4.69, 9.17) is 5.73 Å². The van der Waals surface area contributed by atoms with Crippen LogP contribution in [-0.2, 0) is 6.54 Å². The number of hydrogen-bond donors (Lipinski definition) is 2. The molecule has 3 nitrogen and oxygen atoms in total. The van der Waals surface area contributed by atoms with Gasteiger partial charge in [0.1, 0.15) is 0 Å². The van der Waals surface area contributed by atoms with Gasteiger partial charge in [0, 0.05) is 17.8 Å². The minimum Gasteiger partial charge on any atom is -0.326 e. The van der Waals surface area contributed by atoms with Crippen LogP contribution in [0.2, 0.25) is 0 Å². The van der Waals surface area contributed by atoms with E-state index >= 15 is 0 Å². The van der Waals surface area contributed by atoms with Crippen LogP contribution in [-0.4, -0.2) is 5.91 Å². The lowest BCUT2D eigenvalue weighted by molar-refractivity contribution is 0.102. The summed E-state index contributed by atoms with van der Waals surface area (Å²) in [6.07, 6.45) is 0.